The number of aliphatic hydroxyl groups excluding tert-OH is 1. The van der Waals surface area contributed by atoms with Gasteiger partial charge in [0.2, 0.25) is 0 Å². The molecule has 0 aliphatic carbocycles. The zero-order chi connectivity index (χ0) is 33.1. The lowest BCUT2D eigenvalue weighted by Crippen LogP contribution is -2.25. The van der Waals surface area contributed by atoms with Gasteiger partial charge in [-0.2, -0.15) is 0 Å². The van der Waals surface area contributed by atoms with Crippen LogP contribution in [0.2, 0.25) is 0 Å². The Morgan fingerprint density at radius 2 is 0.826 bits per heavy atom. The summed E-state index contributed by atoms with van der Waals surface area (Å²) in [6, 6.07) is 8.45. The van der Waals surface area contributed by atoms with Crippen molar-refractivity contribution in [1.82, 2.24) is 0 Å². The molecule has 0 fully saturated rings. The average Bonchev–Trinajstić information content (AvgIpc) is 3.71. The fourth-order valence-corrected chi connectivity index (χ4v) is 5.60. The van der Waals surface area contributed by atoms with Crippen LogP contribution < -0.4 is 0 Å². The number of rotatable bonds is 30. The van der Waals surface area contributed by atoms with Gasteiger partial charge in [-0.15, -0.1) is 0 Å². The molecular formula is C39H64O7. The highest BCUT2D eigenvalue weighted by Gasteiger charge is 2.12. The van der Waals surface area contributed by atoms with Crippen LogP contribution in [0.25, 0.3) is 0 Å². The number of hydrogen-bond acceptors (Lipinski definition) is 7. The predicted octanol–water partition coefficient (Wildman–Crippen LogP) is 10.0. The molecule has 7 heteroatoms. The number of esters is 2. The first-order chi connectivity index (χ1) is 22.5. The van der Waals surface area contributed by atoms with E-state index in [0.717, 1.165) is 113 Å². The molecule has 1 N–H and O–H groups in total. The molecule has 0 radical (unpaired) electrons. The van der Waals surface area contributed by atoms with Crippen molar-refractivity contribution in [3.05, 3.63) is 47.3 Å². The number of aliphatic hydroxyl groups is 1. The highest BCUT2D eigenvalue weighted by atomic mass is 16.6. The summed E-state index contributed by atoms with van der Waals surface area (Å²) in [7, 11) is 0. The third kappa shape index (κ3) is 20.6. The van der Waals surface area contributed by atoms with E-state index in [1.54, 1.807) is 0 Å². The van der Waals surface area contributed by atoms with Gasteiger partial charge in [0.05, 0.1) is 0 Å². The molecule has 2 rings (SSSR count). The third-order valence-corrected chi connectivity index (χ3v) is 8.47. The molecule has 262 valence electrons. The molecule has 7 nitrogen and oxygen atoms in total. The molecule has 0 aromatic carbocycles. The number of carbonyl (C=O) groups is 2. The van der Waals surface area contributed by atoms with Gasteiger partial charge in [0, 0.05) is 38.5 Å². The maximum Gasteiger partial charge on any atom is 0.305 e. The Hall–Kier alpha value is -2.54. The summed E-state index contributed by atoms with van der Waals surface area (Å²) >= 11 is 0. The lowest BCUT2D eigenvalue weighted by atomic mass is 10.1. The second kappa shape index (κ2) is 26.5. The summed E-state index contributed by atoms with van der Waals surface area (Å²) in [6.07, 6.45) is 23.7. The maximum atomic E-state index is 12.0. The van der Waals surface area contributed by atoms with Gasteiger partial charge in [-0.3, -0.25) is 9.59 Å². The van der Waals surface area contributed by atoms with Crippen LogP contribution in [-0.4, -0.2) is 36.4 Å². The normalized spacial score (nSPS) is 11.4. The van der Waals surface area contributed by atoms with Crippen molar-refractivity contribution in [2.24, 2.45) is 0 Å². The van der Waals surface area contributed by atoms with Crippen LogP contribution in [-0.2, 0) is 44.7 Å². The molecule has 0 aliphatic heterocycles. The van der Waals surface area contributed by atoms with Gasteiger partial charge >= 0.3 is 11.9 Å². The molecule has 46 heavy (non-hydrogen) atoms. The van der Waals surface area contributed by atoms with Crippen LogP contribution in [0.3, 0.4) is 0 Å². The summed E-state index contributed by atoms with van der Waals surface area (Å²) in [5, 5.41) is 10.0. The maximum absolute atomic E-state index is 12.0. The van der Waals surface area contributed by atoms with Crippen molar-refractivity contribution in [1.29, 1.82) is 0 Å². The molecular weight excluding hydrogens is 580 g/mol. The van der Waals surface area contributed by atoms with Gasteiger partial charge in [0.1, 0.15) is 42.4 Å². The lowest BCUT2D eigenvalue weighted by Gasteiger charge is -2.12. The molecule has 0 atom stereocenters. The van der Waals surface area contributed by atoms with E-state index >= 15 is 0 Å². The first kappa shape index (κ1) is 39.6. The van der Waals surface area contributed by atoms with E-state index in [2.05, 4.69) is 38.1 Å². The Kier molecular flexibility index (Phi) is 22.9. The minimum absolute atomic E-state index is 0.147. The predicted molar refractivity (Wildman–Crippen MR) is 184 cm³/mol. The Morgan fingerprint density at radius 3 is 1.17 bits per heavy atom. The van der Waals surface area contributed by atoms with Crippen molar-refractivity contribution >= 4 is 11.9 Å². The van der Waals surface area contributed by atoms with Crippen molar-refractivity contribution in [3.63, 3.8) is 0 Å². The van der Waals surface area contributed by atoms with E-state index in [1.165, 1.54) is 51.4 Å². The molecule has 0 amide bonds. The smallest absolute Gasteiger partial charge is 0.305 e. The molecule has 0 saturated heterocycles. The van der Waals surface area contributed by atoms with Gasteiger partial charge < -0.3 is 23.4 Å². The van der Waals surface area contributed by atoms with Crippen molar-refractivity contribution < 1.29 is 33.0 Å². The van der Waals surface area contributed by atoms with E-state index in [0.29, 0.717) is 12.8 Å². The monoisotopic (exact) mass is 644 g/mol. The van der Waals surface area contributed by atoms with Gasteiger partial charge in [-0.1, -0.05) is 90.9 Å². The zero-order valence-corrected chi connectivity index (χ0v) is 29.2. The number of furan rings is 2. The fourth-order valence-electron chi connectivity index (χ4n) is 5.60. The number of aryl methyl sites for hydroxylation is 4. The van der Waals surface area contributed by atoms with Gasteiger partial charge in [0.25, 0.3) is 0 Å². The van der Waals surface area contributed by atoms with Gasteiger partial charge in [0.15, 0.2) is 0 Å². The fraction of sp³-hybridized carbons (Fsp3) is 0.744. The number of unbranched alkanes of at least 4 members (excludes halogenated alkanes) is 14. The van der Waals surface area contributed by atoms with Crippen LogP contribution in [0, 0.1) is 0 Å². The minimum Gasteiger partial charge on any atom is -0.466 e. The first-order valence-corrected chi connectivity index (χ1v) is 18.6. The summed E-state index contributed by atoms with van der Waals surface area (Å²) in [6.45, 7) is 4.16. The minimum atomic E-state index is -0.996. The SMILES string of the molecule is CCCCCCc1ccc(CCCCCCCC(=O)OCC(O)COC(=O)CCCCCCCc2ccc(CCCCCC)o2)o1. The third-order valence-electron chi connectivity index (χ3n) is 8.47. The Labute approximate surface area is 279 Å². The Bertz CT molecular complexity index is 943. The van der Waals surface area contributed by atoms with Crippen LogP contribution in [0.4, 0.5) is 0 Å². The van der Waals surface area contributed by atoms with Crippen molar-refractivity contribution in [3.8, 4) is 0 Å². The second-order valence-corrected chi connectivity index (χ2v) is 12.9. The Balaban J connectivity index is 1.36. The largest absolute Gasteiger partial charge is 0.466 e. The van der Waals surface area contributed by atoms with Crippen molar-refractivity contribution in [2.45, 2.75) is 174 Å². The molecule has 2 heterocycles. The lowest BCUT2D eigenvalue weighted by molar-refractivity contribution is -0.152. The van der Waals surface area contributed by atoms with Crippen molar-refractivity contribution in [2.75, 3.05) is 13.2 Å². The van der Waals surface area contributed by atoms with E-state index < -0.39 is 6.10 Å². The molecule has 0 aliphatic rings. The molecule has 0 bridgehead atoms. The summed E-state index contributed by atoms with van der Waals surface area (Å²) in [5.41, 5.74) is 0. The quantitative estimate of drug-likeness (QED) is 0.0667. The highest BCUT2D eigenvalue weighted by Crippen LogP contribution is 2.17. The van der Waals surface area contributed by atoms with Crippen LogP contribution in [0.15, 0.2) is 33.1 Å². The van der Waals surface area contributed by atoms with E-state index in [-0.39, 0.29) is 25.2 Å². The summed E-state index contributed by atoms with van der Waals surface area (Å²) in [4.78, 5) is 24.0. The highest BCUT2D eigenvalue weighted by molar-refractivity contribution is 5.69. The molecule has 0 saturated carbocycles. The van der Waals surface area contributed by atoms with Gasteiger partial charge in [-0.05, 0) is 62.8 Å². The van der Waals surface area contributed by atoms with Crippen LogP contribution in [0.5, 0.6) is 0 Å². The summed E-state index contributed by atoms with van der Waals surface area (Å²) < 4.78 is 22.2. The van der Waals surface area contributed by atoms with Gasteiger partial charge in [-0.25, -0.2) is 0 Å². The number of hydrogen-bond donors (Lipinski definition) is 1. The molecule has 0 spiro atoms. The van der Waals surface area contributed by atoms with Crippen LogP contribution >= 0.6 is 0 Å². The second-order valence-electron chi connectivity index (χ2n) is 12.9. The Morgan fingerprint density at radius 1 is 0.522 bits per heavy atom. The standard InChI is InChI=1S/C39H64O7/c1-3-5-7-15-21-34-27-29-36(45-34)23-17-11-9-13-19-25-38(41)43-31-33(40)32-44-39(42)26-20-14-10-12-18-24-37-30-28-35(46-37)22-16-8-6-4-2/h27-30,33,40H,3-26,31-32H2,1-2H3. The van der Waals surface area contributed by atoms with E-state index in [9.17, 15) is 14.7 Å². The van der Waals surface area contributed by atoms with E-state index in [1.807, 2.05) is 0 Å². The molecule has 2 aromatic rings. The van der Waals surface area contributed by atoms with Crippen LogP contribution in [0.1, 0.15) is 165 Å². The summed E-state index contributed by atoms with van der Waals surface area (Å²) in [5.74, 6) is 3.73. The number of carbonyl (C=O) groups excluding carboxylic acids is 2. The molecule has 2 aromatic heterocycles. The van der Waals surface area contributed by atoms with E-state index in [4.69, 9.17) is 18.3 Å². The first-order valence-electron chi connectivity index (χ1n) is 18.6. The molecule has 0 unspecified atom stereocenters. The average molecular weight is 645 g/mol. The number of ether oxygens (including phenoxy) is 2. The zero-order valence-electron chi connectivity index (χ0n) is 29.2. The topological polar surface area (TPSA) is 99.1 Å².